The van der Waals surface area contributed by atoms with Crippen LogP contribution in [0.2, 0.25) is 0 Å². The fraction of sp³-hybridized carbons (Fsp3) is 0.435. The molecule has 0 spiro atoms. The Hall–Kier alpha value is -3.62. The lowest BCUT2D eigenvalue weighted by Gasteiger charge is -2.48. The van der Waals surface area contributed by atoms with Gasteiger partial charge in [-0.25, -0.2) is 0 Å². The third-order valence-electron chi connectivity index (χ3n) is 7.27. The number of hydrogen-bond donors (Lipinski definition) is 8. The minimum Gasteiger partial charge on any atom is -0.508 e. The third kappa shape index (κ3) is 4.01. The maximum absolute atomic E-state index is 13.5. The molecule has 11 N–H and O–H groups in total. The molecule has 0 aliphatic heterocycles. The van der Waals surface area contributed by atoms with Gasteiger partial charge in [-0.2, -0.15) is 13.2 Å². The Labute approximate surface area is 207 Å². The van der Waals surface area contributed by atoms with Gasteiger partial charge >= 0.3 is 6.18 Å². The highest BCUT2D eigenvalue weighted by Gasteiger charge is 2.63. The topological polar surface area (TPSA) is 222 Å². The van der Waals surface area contributed by atoms with Gasteiger partial charge in [0.2, 0.25) is 5.78 Å². The fourth-order valence-electron chi connectivity index (χ4n) is 5.46. The monoisotopic (exact) mass is 526 g/mol. The molecule has 11 nitrogen and oxygen atoms in total. The summed E-state index contributed by atoms with van der Waals surface area (Å²) in [5, 5.41) is 46.4. The summed E-state index contributed by atoms with van der Waals surface area (Å²) in [6, 6.07) is -0.231. The number of nitrogens with one attached hydrogen (secondary N) is 1. The number of amides is 1. The summed E-state index contributed by atoms with van der Waals surface area (Å²) < 4.78 is 37.2. The Bertz CT molecular complexity index is 1290. The van der Waals surface area contributed by atoms with Gasteiger partial charge in [-0.05, 0) is 30.4 Å². The lowest BCUT2D eigenvalue weighted by molar-refractivity contribution is -0.149. The Morgan fingerprint density at radius 3 is 2.46 bits per heavy atom. The van der Waals surface area contributed by atoms with E-state index in [0.717, 1.165) is 0 Å². The van der Waals surface area contributed by atoms with Crippen LogP contribution in [0.4, 0.5) is 18.9 Å². The van der Waals surface area contributed by atoms with E-state index in [2.05, 4.69) is 5.32 Å². The van der Waals surface area contributed by atoms with Crippen molar-refractivity contribution >= 4 is 28.9 Å². The number of hydrogen-bond acceptors (Lipinski definition) is 10. The van der Waals surface area contributed by atoms with Crippen molar-refractivity contribution in [3.63, 3.8) is 0 Å². The number of carbonyl (C=O) groups is 3. The Balaban J connectivity index is 1.78. The fourth-order valence-corrected chi connectivity index (χ4v) is 5.46. The molecule has 2 unspecified atom stereocenters. The second-order valence-corrected chi connectivity index (χ2v) is 9.45. The minimum absolute atomic E-state index is 0.0255. The molecule has 37 heavy (non-hydrogen) atoms. The zero-order valence-electron chi connectivity index (χ0n) is 19.2. The van der Waals surface area contributed by atoms with Gasteiger partial charge in [0, 0.05) is 35.8 Å². The van der Waals surface area contributed by atoms with Crippen LogP contribution in [0, 0.1) is 11.8 Å². The summed E-state index contributed by atoms with van der Waals surface area (Å²) in [7, 11) is 0. The van der Waals surface area contributed by atoms with Crippen LogP contribution in [0.25, 0.3) is 5.76 Å². The number of aliphatic hydroxyl groups is 3. The Kier molecular flexibility index (Phi) is 6.25. The van der Waals surface area contributed by atoms with Crippen molar-refractivity contribution in [3.8, 4) is 5.75 Å². The Morgan fingerprint density at radius 1 is 1.22 bits per heavy atom. The molecule has 1 aromatic rings. The van der Waals surface area contributed by atoms with E-state index >= 15 is 0 Å². The molecule has 3 aliphatic carbocycles. The number of halogens is 3. The number of aromatic hydroxyl groups is 1. The molecule has 4 atom stereocenters. The first-order valence-corrected chi connectivity index (χ1v) is 11.3. The molecule has 4 rings (SSSR count). The molecule has 1 amide bonds. The first kappa shape index (κ1) is 26.4. The number of nitrogens with two attached hydrogens (primary N) is 3. The van der Waals surface area contributed by atoms with Gasteiger partial charge in [0.05, 0.1) is 18.0 Å². The zero-order valence-corrected chi connectivity index (χ0v) is 19.2. The summed E-state index contributed by atoms with van der Waals surface area (Å²) in [6.07, 6.45) is -5.70. The summed E-state index contributed by atoms with van der Waals surface area (Å²) in [6.45, 7) is -0.692. The molecular formula is C23H25F3N4O7. The van der Waals surface area contributed by atoms with Crippen molar-refractivity contribution in [2.75, 3.05) is 12.3 Å². The molecular weight excluding hydrogens is 501 g/mol. The molecule has 3 aliphatic rings. The quantitative estimate of drug-likeness (QED) is 0.111. The number of phenolic OH excluding ortho intramolecular Hbond substituents is 1. The largest absolute Gasteiger partial charge is 0.508 e. The van der Waals surface area contributed by atoms with Crippen LogP contribution in [0.3, 0.4) is 0 Å². The first-order chi connectivity index (χ1) is 17.1. The van der Waals surface area contributed by atoms with Crippen molar-refractivity contribution in [1.82, 2.24) is 5.32 Å². The average Bonchev–Trinajstić information content (AvgIpc) is 2.79. The van der Waals surface area contributed by atoms with Gasteiger partial charge in [-0.15, -0.1) is 0 Å². The number of Topliss-reactive ketones (excluding diaryl/α,β-unsaturated/α-hetero) is 2. The Morgan fingerprint density at radius 2 is 1.86 bits per heavy atom. The number of rotatable bonds is 5. The van der Waals surface area contributed by atoms with Gasteiger partial charge in [0.15, 0.2) is 11.4 Å². The van der Waals surface area contributed by atoms with Crippen LogP contribution in [0.1, 0.15) is 29.5 Å². The van der Waals surface area contributed by atoms with E-state index in [4.69, 9.17) is 17.2 Å². The lowest BCUT2D eigenvalue weighted by Crippen LogP contribution is -2.65. The zero-order chi connectivity index (χ0) is 27.6. The van der Waals surface area contributed by atoms with Gasteiger partial charge in [-0.1, -0.05) is 0 Å². The standard InChI is InChI=1S/C23H25F3N4O7/c24-22(25,26)1-2-30-6-8-5-11(27)9-3-7-4-10-15(28)18(33)14(21(29)36)20(35)23(10,37)19(34)12(7)17(32)13(9)16(8)31/h5,7,10,15,30-32,35,37H,1-4,6,27-28H2,(H2,29,36)/t7?,10?,15-,23-/m0/s1. The number of aliphatic hydroxyl groups excluding tert-OH is 2. The predicted molar refractivity (Wildman–Crippen MR) is 122 cm³/mol. The maximum Gasteiger partial charge on any atom is 0.390 e. The summed E-state index contributed by atoms with van der Waals surface area (Å²) in [5.74, 6) is -8.43. The number of fused-ring (bicyclic) bond motifs is 3. The van der Waals surface area contributed by atoms with E-state index in [1.54, 1.807) is 0 Å². The van der Waals surface area contributed by atoms with E-state index in [1.807, 2.05) is 0 Å². The molecule has 0 bridgehead atoms. The second-order valence-electron chi connectivity index (χ2n) is 9.45. The number of ketones is 2. The molecule has 200 valence electrons. The van der Waals surface area contributed by atoms with E-state index in [1.165, 1.54) is 6.07 Å². The van der Waals surface area contributed by atoms with Crippen molar-refractivity contribution in [1.29, 1.82) is 0 Å². The minimum atomic E-state index is -4.39. The summed E-state index contributed by atoms with van der Waals surface area (Å²) in [4.78, 5) is 37.9. The van der Waals surface area contributed by atoms with Crippen molar-refractivity contribution in [2.45, 2.75) is 43.6 Å². The average molecular weight is 526 g/mol. The molecule has 1 fully saturated rings. The highest BCUT2D eigenvalue weighted by Crippen LogP contribution is 2.52. The van der Waals surface area contributed by atoms with Gasteiger partial charge in [-0.3, -0.25) is 14.4 Å². The van der Waals surface area contributed by atoms with Crippen LogP contribution < -0.4 is 22.5 Å². The number of primary amides is 1. The lowest BCUT2D eigenvalue weighted by atomic mass is 9.58. The van der Waals surface area contributed by atoms with Crippen LogP contribution in [-0.4, -0.2) is 62.3 Å². The summed E-state index contributed by atoms with van der Waals surface area (Å²) >= 11 is 0. The highest BCUT2D eigenvalue weighted by molar-refractivity contribution is 6.24. The summed E-state index contributed by atoms with van der Waals surface area (Å²) in [5.41, 5.74) is 13.1. The van der Waals surface area contributed by atoms with Crippen molar-refractivity contribution < 1.29 is 48.0 Å². The van der Waals surface area contributed by atoms with E-state index in [9.17, 15) is 48.0 Å². The number of phenols is 1. The number of benzene rings is 1. The van der Waals surface area contributed by atoms with Gasteiger partial charge in [0.25, 0.3) is 5.91 Å². The van der Waals surface area contributed by atoms with E-state index < -0.39 is 82.9 Å². The molecule has 0 heterocycles. The van der Waals surface area contributed by atoms with Crippen LogP contribution in [0.15, 0.2) is 23.0 Å². The van der Waals surface area contributed by atoms with Crippen LogP contribution in [-0.2, 0) is 27.3 Å². The number of alkyl halides is 3. The third-order valence-corrected chi connectivity index (χ3v) is 7.27. The van der Waals surface area contributed by atoms with Crippen molar-refractivity contribution in [3.05, 3.63) is 39.7 Å². The molecule has 0 saturated heterocycles. The van der Waals surface area contributed by atoms with Crippen molar-refractivity contribution in [2.24, 2.45) is 23.3 Å². The second kappa shape index (κ2) is 8.75. The number of nitrogen functional groups attached to an aromatic ring is 1. The van der Waals surface area contributed by atoms with E-state index in [-0.39, 0.29) is 47.3 Å². The normalized spacial score (nSPS) is 27.6. The molecule has 1 saturated carbocycles. The predicted octanol–water partition coefficient (Wildman–Crippen LogP) is -0.0147. The highest BCUT2D eigenvalue weighted by atomic mass is 19.4. The number of anilines is 1. The number of carbonyl (C=O) groups excluding carboxylic acids is 3. The smallest absolute Gasteiger partial charge is 0.390 e. The molecule has 0 radical (unpaired) electrons. The molecule has 1 aromatic carbocycles. The van der Waals surface area contributed by atoms with Gasteiger partial charge in [0.1, 0.15) is 22.8 Å². The van der Waals surface area contributed by atoms with Crippen LogP contribution in [0.5, 0.6) is 5.75 Å². The van der Waals surface area contributed by atoms with Crippen LogP contribution >= 0.6 is 0 Å². The first-order valence-electron chi connectivity index (χ1n) is 11.3. The molecule has 0 aromatic heterocycles. The SMILES string of the molecule is NC(=O)C1=C(O)[C@@]2(O)C(=O)C3=C(O)c4c(O)c(CNCCC(F)(F)F)cc(N)c4CC3CC2[C@H](N)C1=O. The van der Waals surface area contributed by atoms with Gasteiger partial charge < -0.3 is 42.9 Å². The van der Waals surface area contributed by atoms with E-state index in [0.29, 0.717) is 0 Å². The maximum atomic E-state index is 13.5. The molecule has 14 heteroatoms.